The van der Waals surface area contributed by atoms with Gasteiger partial charge in [-0.1, -0.05) is 190 Å². The summed E-state index contributed by atoms with van der Waals surface area (Å²) in [5, 5.41) is 7.85. The molecule has 0 saturated carbocycles. The summed E-state index contributed by atoms with van der Waals surface area (Å²) in [6.07, 6.45) is 0. The van der Waals surface area contributed by atoms with Gasteiger partial charge in [-0.3, -0.25) is 0 Å². The molecule has 0 fully saturated rings. The maximum absolute atomic E-state index is 5.60. The van der Waals surface area contributed by atoms with Gasteiger partial charge < -0.3 is 4.57 Å². The second-order valence-electron chi connectivity index (χ2n) is 16.5. The Hall–Kier alpha value is -7.14. The van der Waals surface area contributed by atoms with Crippen LogP contribution in [0.25, 0.3) is 72.5 Å². The van der Waals surface area contributed by atoms with Crippen LogP contribution in [0.4, 0.5) is 0 Å². The first-order valence-corrected chi connectivity index (χ1v) is 22.5. The first kappa shape index (κ1) is 33.9. The first-order valence-electron chi connectivity index (χ1n) is 20.5. The zero-order chi connectivity index (χ0) is 39.3. The molecular weight excluding hydrogens is 731 g/mol. The third kappa shape index (κ3) is 4.69. The minimum atomic E-state index is -2.90. The standard InChI is InChI=1S/C55H39N3Si/c1-55(2)44-27-15-12-24-41(44)49-45(55)34-35-47-50(49)42-25-13-16-28-46(42)58(47)38-32-30-36(31-33-38)51-53-52(57-54(56-51)37-18-6-3-7-19-37)43-26-14-17-29-48(43)59(53,39-20-8-4-9-21-39)40-22-10-5-11-23-40/h3-35H,1-2H3. The molecule has 1 aliphatic carbocycles. The smallest absolute Gasteiger partial charge is 0.185 e. The molecule has 59 heavy (non-hydrogen) atoms. The van der Waals surface area contributed by atoms with Gasteiger partial charge in [-0.25, -0.2) is 9.97 Å². The van der Waals surface area contributed by atoms with Crippen molar-refractivity contribution in [3.05, 3.63) is 211 Å². The molecule has 0 atom stereocenters. The second kappa shape index (κ2) is 12.7. The number of para-hydroxylation sites is 1. The van der Waals surface area contributed by atoms with E-state index in [0.717, 1.165) is 34.0 Å². The van der Waals surface area contributed by atoms with Crippen LogP contribution in [0.5, 0.6) is 0 Å². The maximum Gasteiger partial charge on any atom is 0.185 e. The highest BCUT2D eigenvalue weighted by atomic mass is 28.3. The minimum Gasteiger partial charge on any atom is -0.309 e. The quantitative estimate of drug-likeness (QED) is 0.163. The van der Waals surface area contributed by atoms with E-state index in [4.69, 9.17) is 9.97 Å². The number of fused-ring (bicyclic) bond motifs is 10. The highest BCUT2D eigenvalue weighted by Crippen LogP contribution is 2.53. The first-order chi connectivity index (χ1) is 29.0. The van der Waals surface area contributed by atoms with Gasteiger partial charge in [0, 0.05) is 43.8 Å². The van der Waals surface area contributed by atoms with Gasteiger partial charge in [0.15, 0.2) is 13.9 Å². The van der Waals surface area contributed by atoms with Crippen LogP contribution in [0.1, 0.15) is 25.0 Å². The summed E-state index contributed by atoms with van der Waals surface area (Å²) in [5.41, 5.74) is 14.3. The van der Waals surface area contributed by atoms with Crippen molar-refractivity contribution in [1.82, 2.24) is 14.5 Å². The molecule has 0 spiro atoms. The summed E-state index contributed by atoms with van der Waals surface area (Å²) in [4.78, 5) is 11.1. The van der Waals surface area contributed by atoms with E-state index in [-0.39, 0.29) is 5.41 Å². The van der Waals surface area contributed by atoms with Crippen LogP contribution in [0.3, 0.4) is 0 Å². The van der Waals surface area contributed by atoms with Crippen LogP contribution < -0.4 is 20.7 Å². The van der Waals surface area contributed by atoms with E-state index in [1.807, 2.05) is 0 Å². The van der Waals surface area contributed by atoms with Crippen LogP contribution >= 0.6 is 0 Å². The van der Waals surface area contributed by atoms with Gasteiger partial charge in [-0.05, 0) is 62.1 Å². The van der Waals surface area contributed by atoms with Crippen molar-refractivity contribution >= 4 is 50.6 Å². The molecule has 1 aliphatic heterocycles. The van der Waals surface area contributed by atoms with Crippen molar-refractivity contribution < 1.29 is 0 Å². The van der Waals surface area contributed by atoms with Gasteiger partial charge >= 0.3 is 0 Å². The Balaban J connectivity index is 1.12. The van der Waals surface area contributed by atoms with Gasteiger partial charge in [-0.15, -0.1) is 0 Å². The lowest BCUT2D eigenvalue weighted by Crippen LogP contribution is -2.73. The van der Waals surface area contributed by atoms with Crippen molar-refractivity contribution in [2.24, 2.45) is 0 Å². The van der Waals surface area contributed by atoms with Crippen LogP contribution in [0.2, 0.25) is 0 Å². The van der Waals surface area contributed by atoms with E-state index in [0.29, 0.717) is 0 Å². The normalized spacial score (nSPS) is 14.2. The highest BCUT2D eigenvalue weighted by Gasteiger charge is 2.51. The second-order valence-corrected chi connectivity index (χ2v) is 20.2. The molecule has 4 heteroatoms. The summed E-state index contributed by atoms with van der Waals surface area (Å²) < 4.78 is 2.45. The molecule has 0 saturated heterocycles. The molecule has 3 nitrogen and oxygen atoms in total. The molecule has 0 amide bonds. The third-order valence-electron chi connectivity index (χ3n) is 13.1. The summed E-state index contributed by atoms with van der Waals surface area (Å²) in [5.74, 6) is 0.739. The Morgan fingerprint density at radius 3 is 1.78 bits per heavy atom. The van der Waals surface area contributed by atoms with Crippen molar-refractivity contribution in [3.8, 4) is 50.7 Å². The average Bonchev–Trinajstić information content (AvgIpc) is 3.88. The lowest BCUT2D eigenvalue weighted by molar-refractivity contribution is 0.661. The third-order valence-corrected chi connectivity index (χ3v) is 18.0. The zero-order valence-corrected chi connectivity index (χ0v) is 33.9. The number of aromatic nitrogens is 3. The number of benzene rings is 8. The lowest BCUT2D eigenvalue weighted by atomic mass is 9.82. The van der Waals surface area contributed by atoms with Gasteiger partial charge in [0.05, 0.1) is 22.4 Å². The zero-order valence-electron chi connectivity index (χ0n) is 32.9. The fourth-order valence-corrected chi connectivity index (χ4v) is 15.8. The molecule has 3 heterocycles. The molecule has 278 valence electrons. The number of rotatable bonds is 5. The van der Waals surface area contributed by atoms with E-state index >= 15 is 0 Å². The summed E-state index contributed by atoms with van der Waals surface area (Å²) in [7, 11) is -2.90. The number of hydrogen-bond donors (Lipinski definition) is 0. The molecule has 12 rings (SSSR count). The van der Waals surface area contributed by atoms with E-state index < -0.39 is 8.07 Å². The Morgan fingerprint density at radius 1 is 0.458 bits per heavy atom. The monoisotopic (exact) mass is 769 g/mol. The van der Waals surface area contributed by atoms with Gasteiger partial charge in [0.2, 0.25) is 0 Å². The molecule has 10 aromatic rings. The molecule has 2 aliphatic rings. The molecule has 0 unspecified atom stereocenters. The molecule has 8 aromatic carbocycles. The highest BCUT2D eigenvalue weighted by molar-refractivity contribution is 7.22. The van der Waals surface area contributed by atoms with Gasteiger partial charge in [0.1, 0.15) is 0 Å². The summed E-state index contributed by atoms with van der Waals surface area (Å²) in [6.45, 7) is 4.72. The van der Waals surface area contributed by atoms with Gasteiger partial charge in [0.25, 0.3) is 0 Å². The van der Waals surface area contributed by atoms with E-state index in [1.54, 1.807) is 0 Å². The van der Waals surface area contributed by atoms with Gasteiger partial charge in [-0.2, -0.15) is 0 Å². The summed E-state index contributed by atoms with van der Waals surface area (Å²) in [6, 6.07) is 73.4. The maximum atomic E-state index is 5.60. The van der Waals surface area contributed by atoms with Crippen molar-refractivity contribution in [2.75, 3.05) is 0 Å². The average molecular weight is 770 g/mol. The molecular formula is C55H39N3Si. The molecule has 0 bridgehead atoms. The topological polar surface area (TPSA) is 30.7 Å². The van der Waals surface area contributed by atoms with Crippen LogP contribution in [-0.2, 0) is 5.41 Å². The van der Waals surface area contributed by atoms with E-state index in [1.165, 1.54) is 70.4 Å². The Labute approximate surface area is 345 Å². The van der Waals surface area contributed by atoms with E-state index in [9.17, 15) is 0 Å². The van der Waals surface area contributed by atoms with Crippen molar-refractivity contribution in [1.29, 1.82) is 0 Å². The summed E-state index contributed by atoms with van der Waals surface area (Å²) >= 11 is 0. The van der Waals surface area contributed by atoms with Crippen LogP contribution in [-0.4, -0.2) is 22.6 Å². The van der Waals surface area contributed by atoms with Crippen molar-refractivity contribution in [2.45, 2.75) is 19.3 Å². The van der Waals surface area contributed by atoms with Crippen LogP contribution in [0.15, 0.2) is 200 Å². The minimum absolute atomic E-state index is 0.0704. The molecule has 0 radical (unpaired) electrons. The van der Waals surface area contributed by atoms with Crippen molar-refractivity contribution in [3.63, 3.8) is 0 Å². The Kier molecular flexibility index (Phi) is 7.29. The van der Waals surface area contributed by atoms with E-state index in [2.05, 4.69) is 219 Å². The number of hydrogen-bond acceptors (Lipinski definition) is 2. The largest absolute Gasteiger partial charge is 0.309 e. The molecule has 2 aromatic heterocycles. The Bertz CT molecular complexity index is 3240. The Morgan fingerprint density at radius 2 is 1.05 bits per heavy atom. The lowest BCUT2D eigenvalue weighted by Gasteiger charge is -2.32. The fraction of sp³-hybridized carbons (Fsp3) is 0.0545. The predicted octanol–water partition coefficient (Wildman–Crippen LogP) is 10.6. The predicted molar refractivity (Wildman–Crippen MR) is 247 cm³/mol. The number of nitrogens with zero attached hydrogens (tertiary/aromatic N) is 3. The van der Waals surface area contributed by atoms with Crippen LogP contribution in [0, 0.1) is 0 Å². The SMILES string of the molecule is CC1(C)c2ccccc2-c2c1ccc1c2c2ccccc2n1-c1ccc(-c2nc(-c3ccccc3)nc3c2[Si](c2ccccc2)(c2ccccc2)c2ccccc2-3)cc1. The fourth-order valence-electron chi connectivity index (χ4n) is 10.5. The molecule has 0 N–H and O–H groups in total.